The molecule has 1 N–H and O–H groups in total. The van der Waals surface area contributed by atoms with Gasteiger partial charge in [-0.2, -0.15) is 0 Å². The summed E-state index contributed by atoms with van der Waals surface area (Å²) in [5.41, 5.74) is 1.78. The van der Waals surface area contributed by atoms with Gasteiger partial charge < -0.3 is 19.7 Å². The Kier molecular flexibility index (Phi) is 10.4. The van der Waals surface area contributed by atoms with E-state index in [0.29, 0.717) is 5.75 Å². The van der Waals surface area contributed by atoms with E-state index < -0.39 is 28.5 Å². The van der Waals surface area contributed by atoms with Gasteiger partial charge in [-0.25, -0.2) is 8.42 Å². The van der Waals surface area contributed by atoms with E-state index in [9.17, 15) is 18.0 Å². The van der Waals surface area contributed by atoms with Crippen molar-refractivity contribution in [3.05, 3.63) is 88.4 Å². The Labute approximate surface area is 237 Å². The van der Waals surface area contributed by atoms with Gasteiger partial charge in [0.25, 0.3) is 0 Å². The highest BCUT2D eigenvalue weighted by atomic mass is 79.9. The Hall–Kier alpha value is -3.57. The molecule has 11 heteroatoms. The van der Waals surface area contributed by atoms with Crippen LogP contribution >= 0.6 is 15.9 Å². The summed E-state index contributed by atoms with van der Waals surface area (Å²) in [4.78, 5) is 28.6. The first-order valence-corrected chi connectivity index (χ1v) is 14.7. The first-order chi connectivity index (χ1) is 18.6. The Morgan fingerprint density at radius 1 is 0.949 bits per heavy atom. The van der Waals surface area contributed by atoms with Crippen molar-refractivity contribution in [3.8, 4) is 11.5 Å². The number of benzene rings is 3. The molecule has 0 unspecified atom stereocenters. The van der Waals surface area contributed by atoms with E-state index in [4.69, 9.17) is 9.47 Å². The summed E-state index contributed by atoms with van der Waals surface area (Å²) in [5.74, 6) is -0.279. The molecule has 1 atom stereocenters. The Balaban J connectivity index is 2.07. The number of ether oxygens (including phenoxy) is 2. The molecule has 0 heterocycles. The molecule has 0 saturated heterocycles. The van der Waals surface area contributed by atoms with Crippen LogP contribution in [0.5, 0.6) is 11.5 Å². The van der Waals surface area contributed by atoms with Crippen LogP contribution < -0.4 is 19.1 Å². The predicted molar refractivity (Wildman–Crippen MR) is 154 cm³/mol. The summed E-state index contributed by atoms with van der Waals surface area (Å²) in [6.45, 7) is -0.467. The molecule has 0 saturated carbocycles. The number of methoxy groups -OCH3 is 2. The number of likely N-dealkylation sites (N-methyl/N-ethyl adjacent to an activating group) is 1. The molecule has 0 spiro atoms. The van der Waals surface area contributed by atoms with Gasteiger partial charge in [0, 0.05) is 30.6 Å². The van der Waals surface area contributed by atoms with Gasteiger partial charge in [0.1, 0.15) is 24.1 Å². The van der Waals surface area contributed by atoms with Crippen LogP contribution in [0.15, 0.2) is 77.3 Å². The number of halogens is 1. The molecule has 0 radical (unpaired) electrons. The average Bonchev–Trinajstić information content (AvgIpc) is 2.93. The van der Waals surface area contributed by atoms with E-state index in [1.807, 2.05) is 54.6 Å². The third-order valence-corrected chi connectivity index (χ3v) is 7.77. The highest BCUT2D eigenvalue weighted by Crippen LogP contribution is 2.34. The maximum Gasteiger partial charge on any atom is 0.244 e. The van der Waals surface area contributed by atoms with Crippen LogP contribution in [0.25, 0.3) is 0 Å². The topological polar surface area (TPSA) is 105 Å². The lowest BCUT2D eigenvalue weighted by Gasteiger charge is -2.33. The van der Waals surface area contributed by atoms with Gasteiger partial charge in [0.05, 0.1) is 26.2 Å². The van der Waals surface area contributed by atoms with Crippen LogP contribution in [0.1, 0.15) is 11.1 Å². The van der Waals surface area contributed by atoms with Gasteiger partial charge in [-0.1, -0.05) is 58.4 Å². The first kappa shape index (κ1) is 30.0. The molecule has 0 aliphatic heterocycles. The third-order valence-electron chi connectivity index (χ3n) is 6.12. The standard InChI is InChI=1S/C28H32BrN3O6S/c1-30-28(34)25(16-20-8-6-5-7-9-20)31(18-21-10-12-22(29)13-11-21)27(33)19-32(39(4,35)36)24-17-23(37-2)14-15-26(24)38-3/h5-15,17,25H,16,18-19H2,1-4H3,(H,30,34)/t25-/m0/s1. The van der Waals surface area contributed by atoms with E-state index in [0.717, 1.165) is 26.2 Å². The number of hydrogen-bond donors (Lipinski definition) is 1. The second kappa shape index (κ2) is 13.5. The second-order valence-corrected chi connectivity index (χ2v) is 11.6. The van der Waals surface area contributed by atoms with E-state index in [1.165, 1.54) is 32.2 Å². The van der Waals surface area contributed by atoms with Gasteiger partial charge in [0.15, 0.2) is 0 Å². The number of rotatable bonds is 12. The molecule has 9 nitrogen and oxygen atoms in total. The summed E-state index contributed by atoms with van der Waals surface area (Å²) in [6, 6.07) is 20.5. The minimum Gasteiger partial charge on any atom is -0.497 e. The normalized spacial score (nSPS) is 11.8. The Morgan fingerprint density at radius 2 is 1.62 bits per heavy atom. The van der Waals surface area contributed by atoms with E-state index in [1.54, 1.807) is 12.1 Å². The number of carbonyl (C=O) groups excluding carboxylic acids is 2. The van der Waals surface area contributed by atoms with Crippen molar-refractivity contribution in [1.29, 1.82) is 0 Å². The van der Waals surface area contributed by atoms with Crippen LogP contribution in [-0.4, -0.2) is 65.2 Å². The molecule has 0 aromatic heterocycles. The first-order valence-electron chi connectivity index (χ1n) is 12.1. The van der Waals surface area contributed by atoms with E-state index in [2.05, 4.69) is 21.2 Å². The lowest BCUT2D eigenvalue weighted by molar-refractivity contribution is -0.139. The highest BCUT2D eigenvalue weighted by Gasteiger charge is 2.33. The van der Waals surface area contributed by atoms with Crippen LogP contribution in [0.4, 0.5) is 5.69 Å². The van der Waals surface area contributed by atoms with Crippen molar-refractivity contribution >= 4 is 43.5 Å². The SMILES string of the molecule is CNC(=O)[C@H](Cc1ccccc1)N(Cc1ccc(Br)cc1)C(=O)CN(c1cc(OC)ccc1OC)S(C)(=O)=O. The molecule has 39 heavy (non-hydrogen) atoms. The zero-order valence-electron chi connectivity index (χ0n) is 22.3. The highest BCUT2D eigenvalue weighted by molar-refractivity contribution is 9.10. The zero-order valence-corrected chi connectivity index (χ0v) is 24.7. The van der Waals surface area contributed by atoms with Crippen molar-refractivity contribution in [2.75, 3.05) is 38.4 Å². The van der Waals surface area contributed by atoms with Gasteiger partial charge >= 0.3 is 0 Å². The summed E-state index contributed by atoms with van der Waals surface area (Å²) in [5, 5.41) is 2.66. The Morgan fingerprint density at radius 3 is 2.18 bits per heavy atom. The number of sulfonamides is 1. The molecule has 3 aromatic rings. The molecular weight excluding hydrogens is 586 g/mol. The van der Waals surface area contributed by atoms with Crippen molar-refractivity contribution in [3.63, 3.8) is 0 Å². The second-order valence-electron chi connectivity index (χ2n) is 8.78. The minimum absolute atomic E-state index is 0.0872. The van der Waals surface area contributed by atoms with E-state index in [-0.39, 0.29) is 30.3 Å². The van der Waals surface area contributed by atoms with Crippen LogP contribution in [0, 0.1) is 0 Å². The summed E-state index contributed by atoms with van der Waals surface area (Å²) >= 11 is 3.41. The summed E-state index contributed by atoms with van der Waals surface area (Å²) in [7, 11) is 0.426. The third kappa shape index (κ3) is 7.96. The van der Waals surface area contributed by atoms with Crippen LogP contribution in [0.3, 0.4) is 0 Å². The number of hydrogen-bond acceptors (Lipinski definition) is 6. The molecule has 0 bridgehead atoms. The largest absolute Gasteiger partial charge is 0.497 e. The minimum atomic E-state index is -3.95. The predicted octanol–water partition coefficient (Wildman–Crippen LogP) is 3.62. The molecule has 208 valence electrons. The van der Waals surface area contributed by atoms with Crippen LogP contribution in [-0.2, 0) is 32.6 Å². The fraction of sp³-hybridized carbons (Fsp3) is 0.286. The van der Waals surface area contributed by atoms with Gasteiger partial charge in [-0.3, -0.25) is 13.9 Å². The molecule has 0 aliphatic carbocycles. The summed E-state index contributed by atoms with van der Waals surface area (Å²) < 4.78 is 38.5. The molecular formula is C28H32BrN3O6S. The zero-order chi connectivity index (χ0) is 28.6. The number of nitrogens with one attached hydrogen (secondary N) is 1. The van der Waals surface area contributed by atoms with Crippen molar-refractivity contribution < 1.29 is 27.5 Å². The smallest absolute Gasteiger partial charge is 0.244 e. The number of amides is 2. The molecule has 0 fully saturated rings. The lowest BCUT2D eigenvalue weighted by atomic mass is 10.0. The van der Waals surface area contributed by atoms with Gasteiger partial charge in [-0.05, 0) is 35.4 Å². The Bertz CT molecular complexity index is 1380. The molecule has 3 rings (SSSR count). The van der Waals surface area contributed by atoms with Crippen molar-refractivity contribution in [2.24, 2.45) is 0 Å². The van der Waals surface area contributed by atoms with Gasteiger partial charge in [-0.15, -0.1) is 0 Å². The summed E-state index contributed by atoms with van der Waals surface area (Å²) in [6.07, 6.45) is 1.25. The van der Waals surface area contributed by atoms with Gasteiger partial charge in [0.2, 0.25) is 21.8 Å². The fourth-order valence-electron chi connectivity index (χ4n) is 4.09. The quantitative estimate of drug-likeness (QED) is 0.333. The van der Waals surface area contributed by atoms with E-state index >= 15 is 0 Å². The monoisotopic (exact) mass is 617 g/mol. The molecule has 3 aromatic carbocycles. The number of carbonyl (C=O) groups is 2. The van der Waals surface area contributed by atoms with Crippen molar-refractivity contribution in [2.45, 2.75) is 19.0 Å². The number of nitrogens with zero attached hydrogens (tertiary/aromatic N) is 2. The fourth-order valence-corrected chi connectivity index (χ4v) is 5.20. The lowest BCUT2D eigenvalue weighted by Crippen LogP contribution is -2.52. The molecule has 2 amide bonds. The average molecular weight is 619 g/mol. The molecule has 0 aliphatic rings. The maximum absolute atomic E-state index is 14.0. The number of anilines is 1. The van der Waals surface area contributed by atoms with Crippen molar-refractivity contribution in [1.82, 2.24) is 10.2 Å². The maximum atomic E-state index is 14.0. The van der Waals surface area contributed by atoms with Crippen LogP contribution in [0.2, 0.25) is 0 Å².